The van der Waals surface area contributed by atoms with E-state index in [1.807, 2.05) is 0 Å². The fourth-order valence-corrected chi connectivity index (χ4v) is 6.38. The molecule has 1 N–H and O–H groups in total. The summed E-state index contributed by atoms with van der Waals surface area (Å²) >= 11 is 0. The summed E-state index contributed by atoms with van der Waals surface area (Å²) in [6, 6.07) is 10.5. The second-order valence-corrected chi connectivity index (χ2v) is 13.9. The Hall–Kier alpha value is -0.863. The Morgan fingerprint density at radius 2 is 1.68 bits per heavy atom. The predicted octanol–water partition coefficient (Wildman–Crippen LogP) is 5.51. The maximum Gasteiger partial charge on any atom is 0.0961 e. The summed E-state index contributed by atoms with van der Waals surface area (Å²) in [6.07, 6.45) is 7.78. The van der Waals surface area contributed by atoms with E-state index in [2.05, 4.69) is 70.3 Å². The van der Waals surface area contributed by atoms with Crippen molar-refractivity contribution < 1.29 is 5.11 Å². The van der Waals surface area contributed by atoms with Crippen LogP contribution in [0.1, 0.15) is 52.0 Å². The number of benzene rings is 1. The van der Waals surface area contributed by atoms with Gasteiger partial charge in [0.15, 0.2) is 0 Å². The Morgan fingerprint density at radius 3 is 2.18 bits per heavy atom. The van der Waals surface area contributed by atoms with Gasteiger partial charge in [0.1, 0.15) is 0 Å². The SMILES string of the molecule is CC(C)(C)[Si](C)(C)[C@@](O)(Cc1ccccc1)C1=CCCCC1. The molecule has 0 aromatic heterocycles. The van der Waals surface area contributed by atoms with E-state index in [9.17, 15) is 5.11 Å². The molecule has 1 aromatic rings. The highest BCUT2D eigenvalue weighted by Crippen LogP contribution is 2.48. The average molecular weight is 317 g/mol. The summed E-state index contributed by atoms with van der Waals surface area (Å²) in [4.78, 5) is 0. The van der Waals surface area contributed by atoms with Crippen LogP contribution in [-0.4, -0.2) is 18.4 Å². The minimum Gasteiger partial charge on any atom is -0.389 e. The molecule has 1 atom stereocenters. The molecule has 2 heteroatoms. The van der Waals surface area contributed by atoms with E-state index < -0.39 is 13.3 Å². The smallest absolute Gasteiger partial charge is 0.0961 e. The molecule has 0 aliphatic heterocycles. The summed E-state index contributed by atoms with van der Waals surface area (Å²) in [5, 5.41) is 11.5. The van der Waals surface area contributed by atoms with Gasteiger partial charge in [0.2, 0.25) is 0 Å². The molecule has 0 fully saturated rings. The number of aliphatic hydroxyl groups is 1. The maximum absolute atomic E-state index is 11.9. The Labute approximate surface area is 137 Å². The molecule has 0 heterocycles. The van der Waals surface area contributed by atoms with E-state index in [4.69, 9.17) is 0 Å². The molecule has 1 nitrogen and oxygen atoms in total. The highest BCUT2D eigenvalue weighted by molar-refractivity contribution is 6.83. The lowest BCUT2D eigenvalue weighted by atomic mass is 9.91. The highest BCUT2D eigenvalue weighted by Gasteiger charge is 2.53. The zero-order valence-corrected chi connectivity index (χ0v) is 15.9. The fourth-order valence-electron chi connectivity index (χ4n) is 3.46. The van der Waals surface area contributed by atoms with Crippen molar-refractivity contribution in [2.45, 2.75) is 76.2 Å². The largest absolute Gasteiger partial charge is 0.389 e. The molecule has 0 saturated heterocycles. The van der Waals surface area contributed by atoms with Gasteiger partial charge in [0.25, 0.3) is 0 Å². The van der Waals surface area contributed by atoms with Gasteiger partial charge in [-0.15, -0.1) is 0 Å². The van der Waals surface area contributed by atoms with Crippen molar-refractivity contribution in [3.8, 4) is 0 Å². The zero-order chi connectivity index (χ0) is 16.4. The molecule has 1 aromatic carbocycles. The van der Waals surface area contributed by atoms with Crippen LogP contribution in [0.2, 0.25) is 18.1 Å². The first kappa shape index (κ1) is 17.5. The minimum absolute atomic E-state index is 0.162. The maximum atomic E-state index is 11.9. The number of allylic oxidation sites excluding steroid dienone is 1. The van der Waals surface area contributed by atoms with Crippen LogP contribution in [-0.2, 0) is 6.42 Å². The van der Waals surface area contributed by atoms with Crippen molar-refractivity contribution in [1.29, 1.82) is 0 Å². The van der Waals surface area contributed by atoms with Gasteiger partial charge in [-0.25, -0.2) is 0 Å². The highest BCUT2D eigenvalue weighted by atomic mass is 28.3. The van der Waals surface area contributed by atoms with Crippen molar-refractivity contribution >= 4 is 8.07 Å². The van der Waals surface area contributed by atoms with Crippen LogP contribution in [0.4, 0.5) is 0 Å². The third-order valence-electron chi connectivity index (χ3n) is 6.03. The molecule has 22 heavy (non-hydrogen) atoms. The molecule has 2 rings (SSSR count). The second-order valence-electron chi connectivity index (χ2n) is 8.37. The first-order chi connectivity index (χ1) is 10.2. The summed E-state index contributed by atoms with van der Waals surface area (Å²) in [5.74, 6) is 0. The van der Waals surface area contributed by atoms with Gasteiger partial charge in [-0.1, -0.05) is 70.3 Å². The molecule has 1 aliphatic rings. The van der Waals surface area contributed by atoms with E-state index in [1.54, 1.807) is 0 Å². The van der Waals surface area contributed by atoms with Gasteiger partial charge in [-0.3, -0.25) is 0 Å². The van der Waals surface area contributed by atoms with Crippen LogP contribution in [0.25, 0.3) is 0 Å². The van der Waals surface area contributed by atoms with Crippen LogP contribution in [0.3, 0.4) is 0 Å². The van der Waals surface area contributed by atoms with Gasteiger partial charge < -0.3 is 5.11 Å². The van der Waals surface area contributed by atoms with Gasteiger partial charge in [-0.05, 0) is 41.9 Å². The Bertz CT molecular complexity index is 524. The van der Waals surface area contributed by atoms with Crippen molar-refractivity contribution in [2.24, 2.45) is 0 Å². The molecular formula is C20H32OSi. The first-order valence-corrected chi connectivity index (χ1v) is 11.6. The monoisotopic (exact) mass is 316 g/mol. The van der Waals surface area contributed by atoms with E-state index in [0.29, 0.717) is 0 Å². The minimum atomic E-state index is -1.94. The second kappa shape index (κ2) is 6.33. The molecular weight excluding hydrogens is 284 g/mol. The number of hydrogen-bond donors (Lipinski definition) is 1. The fraction of sp³-hybridized carbons (Fsp3) is 0.600. The number of hydrogen-bond acceptors (Lipinski definition) is 1. The third kappa shape index (κ3) is 3.23. The standard InChI is InChI=1S/C20H32OSi/c1-19(2,3)22(4,5)20(21,18-14-10-7-11-15-18)16-17-12-8-6-9-13-17/h6,8-9,12-14,21H,7,10-11,15-16H2,1-5H3/t20-/m0/s1. The predicted molar refractivity (Wildman–Crippen MR) is 98.8 cm³/mol. The van der Waals surface area contributed by atoms with Crippen LogP contribution in [0.15, 0.2) is 42.0 Å². The molecule has 122 valence electrons. The molecule has 0 bridgehead atoms. The van der Waals surface area contributed by atoms with Crippen LogP contribution >= 0.6 is 0 Å². The van der Waals surface area contributed by atoms with Crippen molar-refractivity contribution in [1.82, 2.24) is 0 Å². The van der Waals surface area contributed by atoms with Crippen molar-refractivity contribution in [3.05, 3.63) is 47.5 Å². The summed E-state index contributed by atoms with van der Waals surface area (Å²) in [6.45, 7) is 11.6. The Kier molecular flexibility index (Phi) is 5.03. The quantitative estimate of drug-likeness (QED) is 0.574. The Balaban J connectivity index is 2.47. The molecule has 1 aliphatic carbocycles. The van der Waals surface area contributed by atoms with E-state index in [0.717, 1.165) is 19.3 Å². The lowest BCUT2D eigenvalue weighted by molar-refractivity contribution is 0.141. The summed E-state index contributed by atoms with van der Waals surface area (Å²) < 4.78 is 0. The molecule has 0 amide bonds. The van der Waals surface area contributed by atoms with E-state index in [1.165, 1.54) is 24.0 Å². The summed E-state index contributed by atoms with van der Waals surface area (Å²) in [5.41, 5.74) is 2.57. The van der Waals surface area contributed by atoms with Crippen LogP contribution < -0.4 is 0 Å². The van der Waals surface area contributed by atoms with Gasteiger partial charge >= 0.3 is 0 Å². The first-order valence-electron chi connectivity index (χ1n) is 8.64. The van der Waals surface area contributed by atoms with Crippen LogP contribution in [0, 0.1) is 0 Å². The number of rotatable bonds is 4. The van der Waals surface area contributed by atoms with Gasteiger partial charge in [0.05, 0.1) is 13.3 Å². The zero-order valence-electron chi connectivity index (χ0n) is 14.9. The van der Waals surface area contributed by atoms with Crippen molar-refractivity contribution in [3.63, 3.8) is 0 Å². The average Bonchev–Trinajstić information content (AvgIpc) is 2.48. The Morgan fingerprint density at radius 1 is 1.05 bits per heavy atom. The molecule has 0 saturated carbocycles. The van der Waals surface area contributed by atoms with Crippen molar-refractivity contribution in [2.75, 3.05) is 0 Å². The molecule has 0 radical (unpaired) electrons. The van der Waals surface area contributed by atoms with Crippen LogP contribution in [0.5, 0.6) is 0 Å². The van der Waals surface area contributed by atoms with E-state index in [-0.39, 0.29) is 5.04 Å². The lowest BCUT2D eigenvalue weighted by Crippen LogP contribution is -2.62. The third-order valence-corrected chi connectivity index (χ3v) is 12.3. The normalized spacial score (nSPS) is 19.5. The topological polar surface area (TPSA) is 20.2 Å². The summed E-state index contributed by atoms with van der Waals surface area (Å²) in [7, 11) is -1.94. The molecule has 0 spiro atoms. The lowest BCUT2D eigenvalue weighted by Gasteiger charge is -2.51. The van der Waals surface area contributed by atoms with Gasteiger partial charge in [0, 0.05) is 6.42 Å². The molecule has 0 unspecified atom stereocenters. The van der Waals surface area contributed by atoms with E-state index >= 15 is 0 Å². The van der Waals surface area contributed by atoms with Gasteiger partial charge in [-0.2, -0.15) is 0 Å².